The highest BCUT2D eigenvalue weighted by Crippen LogP contribution is 2.36. The van der Waals surface area contributed by atoms with Crippen LogP contribution in [0.5, 0.6) is 0 Å². The number of alkyl halides is 3. The Labute approximate surface area is 118 Å². The third kappa shape index (κ3) is 4.21. The molecule has 0 heterocycles. The van der Waals surface area contributed by atoms with Gasteiger partial charge >= 0.3 is 6.18 Å². The molecule has 0 radical (unpaired) electrons. The van der Waals surface area contributed by atoms with Crippen LogP contribution in [0.4, 0.5) is 13.2 Å². The fourth-order valence-electron chi connectivity index (χ4n) is 2.31. The van der Waals surface area contributed by atoms with E-state index in [2.05, 4.69) is 5.32 Å². The Morgan fingerprint density at radius 3 is 2.35 bits per heavy atom. The highest BCUT2D eigenvalue weighted by molar-refractivity contribution is 5.33. The summed E-state index contributed by atoms with van der Waals surface area (Å²) in [7, 11) is 1.53. The number of ether oxygens (including phenoxy) is 1. The van der Waals surface area contributed by atoms with Gasteiger partial charge in [0.1, 0.15) is 0 Å². The smallest absolute Gasteiger partial charge is 0.379 e. The van der Waals surface area contributed by atoms with Crippen LogP contribution >= 0.6 is 0 Å². The predicted octanol–water partition coefficient (Wildman–Crippen LogP) is 4.17. The lowest BCUT2D eigenvalue weighted by atomic mass is 9.94. The lowest BCUT2D eigenvalue weighted by molar-refractivity contribution is -0.138. The molecule has 0 aliphatic rings. The summed E-state index contributed by atoms with van der Waals surface area (Å²) in [5.41, 5.74) is -0.341. The van der Waals surface area contributed by atoms with E-state index in [1.54, 1.807) is 6.07 Å². The third-order valence-corrected chi connectivity index (χ3v) is 3.29. The summed E-state index contributed by atoms with van der Waals surface area (Å²) in [6.07, 6.45) is -3.14. The molecule has 0 fully saturated rings. The van der Waals surface area contributed by atoms with Crippen molar-refractivity contribution in [3.8, 4) is 0 Å². The van der Waals surface area contributed by atoms with E-state index in [1.165, 1.54) is 19.2 Å². The summed E-state index contributed by atoms with van der Waals surface area (Å²) in [5, 5.41) is 3.18. The van der Waals surface area contributed by atoms with Gasteiger partial charge in [0.25, 0.3) is 0 Å². The minimum absolute atomic E-state index is 0.252. The molecule has 0 saturated carbocycles. The zero-order valence-electron chi connectivity index (χ0n) is 12.1. The van der Waals surface area contributed by atoms with Gasteiger partial charge in [-0.3, -0.25) is 0 Å². The molecule has 0 aliphatic carbocycles. The van der Waals surface area contributed by atoms with Crippen molar-refractivity contribution < 1.29 is 17.9 Å². The Bertz CT molecular complexity index is 402. The molecule has 1 aromatic carbocycles. The van der Waals surface area contributed by atoms with E-state index in [4.69, 9.17) is 4.74 Å². The highest BCUT2D eigenvalue weighted by atomic mass is 19.4. The van der Waals surface area contributed by atoms with Gasteiger partial charge in [-0.05, 0) is 31.0 Å². The lowest BCUT2D eigenvalue weighted by Crippen LogP contribution is -2.35. The Hall–Kier alpha value is -1.07. The predicted molar refractivity (Wildman–Crippen MR) is 73.6 cm³/mol. The van der Waals surface area contributed by atoms with Gasteiger partial charge < -0.3 is 10.1 Å². The standard InChI is InChI=1S/C15H22F3NO/c1-4-10-19-14(13(5-2)20-3)11-8-6-7-9-12(11)15(16,17)18/h6-9,13-14,19H,4-5,10H2,1-3H3. The zero-order chi connectivity index (χ0) is 15.2. The van der Waals surface area contributed by atoms with Gasteiger partial charge in [0.2, 0.25) is 0 Å². The van der Waals surface area contributed by atoms with Crippen LogP contribution in [0.2, 0.25) is 0 Å². The molecular weight excluding hydrogens is 267 g/mol. The molecular formula is C15H22F3NO. The second-order valence-corrected chi connectivity index (χ2v) is 4.70. The number of rotatable bonds is 7. The SMILES string of the molecule is CCCNC(c1ccccc1C(F)(F)F)C(CC)OC. The van der Waals surface area contributed by atoms with Gasteiger partial charge in [0, 0.05) is 7.11 Å². The first-order chi connectivity index (χ1) is 9.45. The van der Waals surface area contributed by atoms with E-state index >= 15 is 0 Å². The number of halogens is 3. The molecule has 1 N–H and O–H groups in total. The first kappa shape index (κ1) is 17.0. The zero-order valence-corrected chi connectivity index (χ0v) is 12.1. The van der Waals surface area contributed by atoms with E-state index in [0.717, 1.165) is 12.5 Å². The van der Waals surface area contributed by atoms with Crippen LogP contribution in [0.15, 0.2) is 24.3 Å². The van der Waals surface area contributed by atoms with E-state index < -0.39 is 17.8 Å². The number of methoxy groups -OCH3 is 1. The van der Waals surface area contributed by atoms with Crippen molar-refractivity contribution in [3.63, 3.8) is 0 Å². The van der Waals surface area contributed by atoms with Crippen molar-refractivity contribution in [2.75, 3.05) is 13.7 Å². The van der Waals surface area contributed by atoms with E-state index in [-0.39, 0.29) is 11.7 Å². The average molecular weight is 289 g/mol. The summed E-state index contributed by atoms with van der Waals surface area (Å²) in [6, 6.07) is 5.24. The molecule has 5 heteroatoms. The third-order valence-electron chi connectivity index (χ3n) is 3.29. The van der Waals surface area contributed by atoms with Crippen molar-refractivity contribution in [3.05, 3.63) is 35.4 Å². The maximum Gasteiger partial charge on any atom is 0.416 e. The quantitative estimate of drug-likeness (QED) is 0.813. The van der Waals surface area contributed by atoms with Gasteiger partial charge in [0.05, 0.1) is 17.7 Å². The van der Waals surface area contributed by atoms with Crippen LogP contribution in [-0.2, 0) is 10.9 Å². The summed E-state index contributed by atoms with van der Waals surface area (Å²) in [5.74, 6) is 0. The first-order valence-electron chi connectivity index (χ1n) is 6.87. The summed E-state index contributed by atoms with van der Waals surface area (Å²) in [4.78, 5) is 0. The molecule has 0 saturated heterocycles. The lowest BCUT2D eigenvalue weighted by Gasteiger charge is -2.29. The average Bonchev–Trinajstić information content (AvgIpc) is 2.42. The molecule has 0 aliphatic heterocycles. The molecule has 2 unspecified atom stereocenters. The monoisotopic (exact) mass is 289 g/mol. The summed E-state index contributed by atoms with van der Waals surface area (Å²) in [6.45, 7) is 4.54. The largest absolute Gasteiger partial charge is 0.416 e. The Morgan fingerprint density at radius 2 is 1.85 bits per heavy atom. The van der Waals surface area contributed by atoms with Crippen LogP contribution in [0, 0.1) is 0 Å². The van der Waals surface area contributed by atoms with Crippen LogP contribution in [0.25, 0.3) is 0 Å². The Morgan fingerprint density at radius 1 is 1.20 bits per heavy atom. The fourth-order valence-corrected chi connectivity index (χ4v) is 2.31. The van der Waals surface area contributed by atoms with Crippen molar-refractivity contribution in [1.82, 2.24) is 5.32 Å². The Kier molecular flexibility index (Phi) is 6.49. The van der Waals surface area contributed by atoms with Gasteiger partial charge in [-0.25, -0.2) is 0 Å². The maximum atomic E-state index is 13.1. The first-order valence-corrected chi connectivity index (χ1v) is 6.87. The minimum atomic E-state index is -4.35. The van der Waals surface area contributed by atoms with Crippen molar-refractivity contribution >= 4 is 0 Å². The summed E-state index contributed by atoms with van der Waals surface area (Å²) >= 11 is 0. The molecule has 114 valence electrons. The summed E-state index contributed by atoms with van der Waals surface area (Å²) < 4.78 is 44.8. The molecule has 2 nitrogen and oxygen atoms in total. The molecule has 20 heavy (non-hydrogen) atoms. The Balaban J connectivity index is 3.19. The topological polar surface area (TPSA) is 21.3 Å². The van der Waals surface area contributed by atoms with Crippen molar-refractivity contribution in [2.45, 2.75) is 45.0 Å². The molecule has 2 atom stereocenters. The number of nitrogens with one attached hydrogen (secondary N) is 1. The second kappa shape index (κ2) is 7.64. The fraction of sp³-hybridized carbons (Fsp3) is 0.600. The van der Waals surface area contributed by atoms with Gasteiger partial charge in [-0.15, -0.1) is 0 Å². The molecule has 0 amide bonds. The van der Waals surface area contributed by atoms with Gasteiger partial charge in [-0.1, -0.05) is 32.0 Å². The number of hydrogen-bond donors (Lipinski definition) is 1. The van der Waals surface area contributed by atoms with E-state index in [1.807, 2.05) is 13.8 Å². The molecule has 1 rings (SSSR count). The molecule has 1 aromatic rings. The maximum absolute atomic E-state index is 13.1. The van der Waals surface area contributed by atoms with Crippen LogP contribution in [0.3, 0.4) is 0 Å². The highest BCUT2D eigenvalue weighted by Gasteiger charge is 2.36. The number of benzene rings is 1. The van der Waals surface area contributed by atoms with E-state index in [0.29, 0.717) is 13.0 Å². The van der Waals surface area contributed by atoms with Crippen LogP contribution < -0.4 is 5.32 Å². The molecule has 0 spiro atoms. The normalized spacial score (nSPS) is 15.1. The van der Waals surface area contributed by atoms with Crippen LogP contribution in [-0.4, -0.2) is 19.8 Å². The number of hydrogen-bond acceptors (Lipinski definition) is 2. The van der Waals surface area contributed by atoms with Crippen molar-refractivity contribution in [2.24, 2.45) is 0 Å². The van der Waals surface area contributed by atoms with Gasteiger partial charge in [-0.2, -0.15) is 13.2 Å². The van der Waals surface area contributed by atoms with Crippen molar-refractivity contribution in [1.29, 1.82) is 0 Å². The van der Waals surface area contributed by atoms with E-state index in [9.17, 15) is 13.2 Å². The van der Waals surface area contributed by atoms with Crippen LogP contribution in [0.1, 0.15) is 43.9 Å². The van der Waals surface area contributed by atoms with Gasteiger partial charge in [0.15, 0.2) is 0 Å². The second-order valence-electron chi connectivity index (χ2n) is 4.70. The molecule has 0 bridgehead atoms. The minimum Gasteiger partial charge on any atom is -0.379 e. The molecule has 0 aromatic heterocycles.